The Labute approximate surface area is 97.5 Å². The predicted octanol–water partition coefficient (Wildman–Crippen LogP) is 2.63. The van der Waals surface area contributed by atoms with Crippen LogP contribution in [0.3, 0.4) is 0 Å². The first kappa shape index (κ1) is 13.1. The van der Waals surface area contributed by atoms with Crippen molar-refractivity contribution in [2.45, 2.75) is 45.3 Å². The van der Waals surface area contributed by atoms with Crippen LogP contribution in [0.5, 0.6) is 0 Å². The summed E-state index contributed by atoms with van der Waals surface area (Å²) in [6.07, 6.45) is 2.82. The maximum Gasteiger partial charge on any atom is 0.0792 e. The molecule has 0 aliphatic heterocycles. The molecule has 1 N–H and O–H groups in total. The van der Waals surface area contributed by atoms with Crippen molar-refractivity contribution >= 4 is 0 Å². The highest BCUT2D eigenvalue weighted by atomic mass is 16.5. The summed E-state index contributed by atoms with van der Waals surface area (Å²) < 4.78 is 5.32. The molecule has 1 rings (SSSR count). The molecule has 0 saturated heterocycles. The molecule has 0 amide bonds. The maximum atomic E-state index is 10.0. The van der Waals surface area contributed by atoms with Gasteiger partial charge in [0.05, 0.1) is 11.7 Å². The molecule has 1 atom stereocenters. The van der Waals surface area contributed by atoms with Gasteiger partial charge in [-0.25, -0.2) is 0 Å². The van der Waals surface area contributed by atoms with Gasteiger partial charge in [-0.15, -0.1) is 0 Å². The molecule has 0 radical (unpaired) electrons. The van der Waals surface area contributed by atoms with Gasteiger partial charge in [0.1, 0.15) is 0 Å². The van der Waals surface area contributed by atoms with Crippen LogP contribution in [0, 0.1) is 6.92 Å². The molecule has 0 bridgehead atoms. The van der Waals surface area contributed by atoms with E-state index in [4.69, 9.17) is 4.74 Å². The molecular weight excluding hydrogens is 202 g/mol. The Morgan fingerprint density at radius 1 is 1.50 bits per heavy atom. The SMILES string of the molecule is COC(C)(C)CCC(O)c1ccnc(C)c1. The lowest BCUT2D eigenvalue weighted by molar-refractivity contribution is 0.00278. The highest BCUT2D eigenvalue weighted by Gasteiger charge is 2.19. The lowest BCUT2D eigenvalue weighted by Crippen LogP contribution is -2.23. The summed E-state index contributed by atoms with van der Waals surface area (Å²) in [6.45, 7) is 5.98. The van der Waals surface area contributed by atoms with Crippen LogP contribution in [0.2, 0.25) is 0 Å². The van der Waals surface area contributed by atoms with E-state index in [0.29, 0.717) is 6.42 Å². The van der Waals surface area contributed by atoms with Gasteiger partial charge in [0, 0.05) is 19.0 Å². The fraction of sp³-hybridized carbons (Fsp3) is 0.615. The Balaban J connectivity index is 2.56. The van der Waals surface area contributed by atoms with E-state index in [2.05, 4.69) is 4.98 Å². The van der Waals surface area contributed by atoms with Gasteiger partial charge in [-0.2, -0.15) is 0 Å². The highest BCUT2D eigenvalue weighted by molar-refractivity contribution is 5.17. The van der Waals surface area contributed by atoms with Crippen molar-refractivity contribution in [3.63, 3.8) is 0 Å². The second-order valence-corrected chi connectivity index (χ2v) is 4.75. The van der Waals surface area contributed by atoms with Crippen LogP contribution in [0.1, 0.15) is 44.1 Å². The fourth-order valence-corrected chi connectivity index (χ4v) is 1.53. The standard InChI is InChI=1S/C13H21NO2/c1-10-9-11(6-8-14-10)12(15)5-7-13(2,3)16-4/h6,8-9,12,15H,5,7H2,1-4H3. The van der Waals surface area contributed by atoms with Crippen molar-refractivity contribution in [3.05, 3.63) is 29.6 Å². The number of hydrogen-bond donors (Lipinski definition) is 1. The van der Waals surface area contributed by atoms with Gasteiger partial charge >= 0.3 is 0 Å². The Morgan fingerprint density at radius 2 is 2.19 bits per heavy atom. The molecule has 3 heteroatoms. The van der Waals surface area contributed by atoms with Crippen LogP contribution in [0.15, 0.2) is 18.3 Å². The Hall–Kier alpha value is -0.930. The lowest BCUT2D eigenvalue weighted by Gasteiger charge is -2.24. The molecule has 0 saturated carbocycles. The zero-order chi connectivity index (χ0) is 12.2. The molecule has 0 aliphatic carbocycles. The summed E-state index contributed by atoms with van der Waals surface area (Å²) in [6, 6.07) is 3.78. The summed E-state index contributed by atoms with van der Waals surface area (Å²) in [5.41, 5.74) is 1.69. The average Bonchev–Trinajstić information content (AvgIpc) is 2.26. The number of aryl methyl sites for hydroxylation is 1. The number of nitrogens with zero attached hydrogens (tertiary/aromatic N) is 1. The van der Waals surface area contributed by atoms with E-state index >= 15 is 0 Å². The molecule has 90 valence electrons. The van der Waals surface area contributed by atoms with Crippen LogP contribution in [0.4, 0.5) is 0 Å². The third-order valence-corrected chi connectivity index (χ3v) is 2.88. The van der Waals surface area contributed by atoms with Gasteiger partial charge in [-0.3, -0.25) is 4.98 Å². The largest absolute Gasteiger partial charge is 0.388 e. The Morgan fingerprint density at radius 3 is 2.75 bits per heavy atom. The first-order chi connectivity index (χ1) is 7.44. The molecule has 0 spiro atoms. The van der Waals surface area contributed by atoms with E-state index in [1.54, 1.807) is 13.3 Å². The summed E-state index contributed by atoms with van der Waals surface area (Å²) in [4.78, 5) is 4.11. The minimum absolute atomic E-state index is 0.178. The second kappa shape index (κ2) is 5.41. The molecule has 16 heavy (non-hydrogen) atoms. The van der Waals surface area contributed by atoms with Gasteiger partial charge in [0.25, 0.3) is 0 Å². The predicted molar refractivity (Wildman–Crippen MR) is 64.3 cm³/mol. The second-order valence-electron chi connectivity index (χ2n) is 4.75. The van der Waals surface area contributed by atoms with Crippen LogP contribution in [0.25, 0.3) is 0 Å². The summed E-state index contributed by atoms with van der Waals surface area (Å²) in [7, 11) is 1.70. The summed E-state index contributed by atoms with van der Waals surface area (Å²) in [5, 5.41) is 10.0. The van der Waals surface area contributed by atoms with Crippen molar-refractivity contribution in [3.8, 4) is 0 Å². The van der Waals surface area contributed by atoms with Crippen LogP contribution in [-0.2, 0) is 4.74 Å². The first-order valence-electron chi connectivity index (χ1n) is 5.60. The number of pyridine rings is 1. The third kappa shape index (κ3) is 3.91. The molecule has 0 aliphatic rings. The summed E-state index contributed by atoms with van der Waals surface area (Å²) in [5.74, 6) is 0. The lowest BCUT2D eigenvalue weighted by atomic mass is 9.97. The van der Waals surface area contributed by atoms with Gasteiger partial charge in [-0.1, -0.05) is 0 Å². The molecule has 0 aromatic carbocycles. The van der Waals surface area contributed by atoms with Gasteiger partial charge in [0.2, 0.25) is 0 Å². The van der Waals surface area contributed by atoms with Gasteiger partial charge in [0.15, 0.2) is 0 Å². The molecule has 1 aromatic rings. The van der Waals surface area contributed by atoms with Gasteiger partial charge in [-0.05, 0) is 51.3 Å². The number of aromatic nitrogens is 1. The normalized spacial score (nSPS) is 13.8. The topological polar surface area (TPSA) is 42.4 Å². The van der Waals surface area contributed by atoms with E-state index in [0.717, 1.165) is 17.7 Å². The number of ether oxygens (including phenoxy) is 1. The third-order valence-electron chi connectivity index (χ3n) is 2.88. The molecule has 1 unspecified atom stereocenters. The number of hydrogen-bond acceptors (Lipinski definition) is 3. The van der Waals surface area contributed by atoms with E-state index in [-0.39, 0.29) is 5.60 Å². The maximum absolute atomic E-state index is 10.0. The average molecular weight is 223 g/mol. The van der Waals surface area contributed by atoms with Crippen molar-refractivity contribution in [1.29, 1.82) is 0 Å². The van der Waals surface area contributed by atoms with E-state index in [9.17, 15) is 5.11 Å². The Kier molecular flexibility index (Phi) is 4.44. The molecule has 1 heterocycles. The van der Waals surface area contributed by atoms with Crippen molar-refractivity contribution in [1.82, 2.24) is 4.98 Å². The van der Waals surface area contributed by atoms with E-state index in [1.165, 1.54) is 0 Å². The van der Waals surface area contributed by atoms with Crippen molar-refractivity contribution in [2.24, 2.45) is 0 Å². The smallest absolute Gasteiger partial charge is 0.0792 e. The fourth-order valence-electron chi connectivity index (χ4n) is 1.53. The van der Waals surface area contributed by atoms with E-state index < -0.39 is 6.10 Å². The van der Waals surface area contributed by atoms with Crippen molar-refractivity contribution in [2.75, 3.05) is 7.11 Å². The van der Waals surface area contributed by atoms with E-state index in [1.807, 2.05) is 32.9 Å². The van der Waals surface area contributed by atoms with Crippen LogP contribution in [-0.4, -0.2) is 22.8 Å². The molecule has 3 nitrogen and oxygen atoms in total. The zero-order valence-corrected chi connectivity index (χ0v) is 10.5. The molecule has 1 aromatic heterocycles. The minimum atomic E-state index is -0.434. The number of aliphatic hydroxyl groups is 1. The number of rotatable bonds is 5. The number of methoxy groups -OCH3 is 1. The quantitative estimate of drug-likeness (QED) is 0.834. The van der Waals surface area contributed by atoms with Crippen LogP contribution >= 0.6 is 0 Å². The molecule has 0 fully saturated rings. The minimum Gasteiger partial charge on any atom is -0.388 e. The summed E-state index contributed by atoms with van der Waals surface area (Å²) >= 11 is 0. The first-order valence-corrected chi connectivity index (χ1v) is 5.60. The zero-order valence-electron chi connectivity index (χ0n) is 10.5. The van der Waals surface area contributed by atoms with Crippen LogP contribution < -0.4 is 0 Å². The molecular formula is C13H21NO2. The Bertz CT molecular complexity index is 336. The van der Waals surface area contributed by atoms with Crippen molar-refractivity contribution < 1.29 is 9.84 Å². The number of aliphatic hydroxyl groups excluding tert-OH is 1. The van der Waals surface area contributed by atoms with Gasteiger partial charge < -0.3 is 9.84 Å². The highest BCUT2D eigenvalue weighted by Crippen LogP contribution is 2.24. The monoisotopic (exact) mass is 223 g/mol.